The highest BCUT2D eigenvalue weighted by Gasteiger charge is 1.99. The highest BCUT2D eigenvalue weighted by molar-refractivity contribution is 5.75. The molecule has 1 N–H and O–H groups in total. The van der Waals surface area contributed by atoms with Gasteiger partial charge in [-0.2, -0.15) is 0 Å². The molecule has 0 fully saturated rings. The second kappa shape index (κ2) is 14.1. The Bertz CT molecular complexity index is 441. The molecule has 0 saturated heterocycles. The number of rotatable bonds is 15. The first-order valence-electron chi connectivity index (χ1n) is 10.0. The van der Waals surface area contributed by atoms with Crippen LogP contribution in [0.15, 0.2) is 24.3 Å². The highest BCUT2D eigenvalue weighted by atomic mass is 16.1. The van der Waals surface area contributed by atoms with Crippen LogP contribution in [0.3, 0.4) is 0 Å². The van der Waals surface area contributed by atoms with Crippen LogP contribution >= 0.6 is 0 Å². The number of benzene rings is 1. The topological polar surface area (TPSA) is 29.1 Å². The molecule has 1 aromatic carbocycles. The van der Waals surface area contributed by atoms with Crippen molar-refractivity contribution in [1.82, 2.24) is 0 Å². The van der Waals surface area contributed by atoms with E-state index >= 15 is 0 Å². The quantitative estimate of drug-likeness (QED) is 0.370. The molecule has 0 unspecified atom stereocenters. The van der Waals surface area contributed by atoms with Gasteiger partial charge in [0.25, 0.3) is 0 Å². The predicted molar refractivity (Wildman–Crippen MR) is 106 cm³/mol. The summed E-state index contributed by atoms with van der Waals surface area (Å²) < 4.78 is 0. The fraction of sp³-hybridized carbons (Fsp3) is 0.682. The lowest BCUT2D eigenvalue weighted by molar-refractivity contribution is -0.116. The average molecular weight is 332 g/mol. The molecular formula is C22H37NO. The molecule has 0 aromatic heterocycles. The zero-order valence-corrected chi connectivity index (χ0v) is 15.9. The number of aryl methyl sites for hydroxylation is 1. The molecule has 1 rings (SSSR count). The van der Waals surface area contributed by atoms with Crippen LogP contribution in [0.4, 0.5) is 5.69 Å². The van der Waals surface area contributed by atoms with Crippen molar-refractivity contribution in [3.05, 3.63) is 29.8 Å². The SMILES string of the molecule is CCCCCCCCCCCCNc1cccc(CCC(C)=O)c1. The summed E-state index contributed by atoms with van der Waals surface area (Å²) in [6, 6.07) is 8.48. The maximum atomic E-state index is 11.1. The lowest BCUT2D eigenvalue weighted by Gasteiger charge is -2.08. The van der Waals surface area contributed by atoms with Gasteiger partial charge in [-0.25, -0.2) is 0 Å². The summed E-state index contributed by atoms with van der Waals surface area (Å²) in [5.41, 5.74) is 2.44. The van der Waals surface area contributed by atoms with Crippen LogP contribution in [0.25, 0.3) is 0 Å². The van der Waals surface area contributed by atoms with Gasteiger partial charge in [0.1, 0.15) is 5.78 Å². The minimum atomic E-state index is 0.263. The molecule has 0 saturated carbocycles. The number of nitrogens with one attached hydrogen (secondary N) is 1. The molecule has 0 bridgehead atoms. The first-order chi connectivity index (χ1) is 11.7. The Morgan fingerprint density at radius 1 is 0.917 bits per heavy atom. The summed E-state index contributed by atoms with van der Waals surface area (Å²) in [7, 11) is 0. The van der Waals surface area contributed by atoms with E-state index in [0.29, 0.717) is 6.42 Å². The van der Waals surface area contributed by atoms with Crippen LogP contribution in [0, 0.1) is 0 Å². The van der Waals surface area contributed by atoms with E-state index in [9.17, 15) is 4.79 Å². The molecule has 0 spiro atoms. The standard InChI is InChI=1S/C22H37NO/c1-3-4-5-6-7-8-9-10-11-12-18-23-22-15-13-14-21(19-22)17-16-20(2)24/h13-15,19,23H,3-12,16-18H2,1-2H3. The lowest BCUT2D eigenvalue weighted by atomic mass is 10.1. The predicted octanol–water partition coefficient (Wildman–Crippen LogP) is 6.54. The molecule has 0 heterocycles. The number of ketones is 1. The first-order valence-corrected chi connectivity index (χ1v) is 10.0. The lowest BCUT2D eigenvalue weighted by Crippen LogP contribution is -2.02. The van der Waals surface area contributed by atoms with E-state index in [1.165, 1.54) is 75.5 Å². The van der Waals surface area contributed by atoms with Crippen molar-refractivity contribution >= 4 is 11.5 Å². The van der Waals surface area contributed by atoms with Crippen LogP contribution < -0.4 is 5.32 Å². The van der Waals surface area contributed by atoms with Gasteiger partial charge < -0.3 is 10.1 Å². The summed E-state index contributed by atoms with van der Waals surface area (Å²) >= 11 is 0. The maximum absolute atomic E-state index is 11.1. The summed E-state index contributed by atoms with van der Waals surface area (Å²) in [5.74, 6) is 0.263. The molecule has 0 radical (unpaired) electrons. The number of hydrogen-bond donors (Lipinski definition) is 1. The largest absolute Gasteiger partial charge is 0.385 e. The number of unbranched alkanes of at least 4 members (excludes halogenated alkanes) is 9. The monoisotopic (exact) mass is 331 g/mol. The van der Waals surface area contributed by atoms with Crippen molar-refractivity contribution in [2.75, 3.05) is 11.9 Å². The Morgan fingerprint density at radius 3 is 2.17 bits per heavy atom. The molecule has 2 nitrogen and oxygen atoms in total. The van der Waals surface area contributed by atoms with Crippen molar-refractivity contribution in [2.24, 2.45) is 0 Å². The van der Waals surface area contributed by atoms with Gasteiger partial charge in [0.15, 0.2) is 0 Å². The van der Waals surface area contributed by atoms with Gasteiger partial charge in [-0.05, 0) is 37.5 Å². The average Bonchev–Trinajstić information content (AvgIpc) is 2.58. The van der Waals surface area contributed by atoms with Gasteiger partial charge in [-0.1, -0.05) is 76.8 Å². The van der Waals surface area contributed by atoms with E-state index in [-0.39, 0.29) is 5.78 Å². The smallest absolute Gasteiger partial charge is 0.130 e. The molecule has 0 amide bonds. The van der Waals surface area contributed by atoms with Gasteiger partial charge >= 0.3 is 0 Å². The second-order valence-electron chi connectivity index (χ2n) is 7.01. The third-order valence-electron chi connectivity index (χ3n) is 4.55. The summed E-state index contributed by atoms with van der Waals surface area (Å²) in [5, 5.41) is 3.51. The Kier molecular flexibility index (Phi) is 12.2. The van der Waals surface area contributed by atoms with Gasteiger partial charge in [0, 0.05) is 18.7 Å². The molecule has 0 aliphatic heterocycles. The van der Waals surface area contributed by atoms with Gasteiger partial charge in [-0.15, -0.1) is 0 Å². The molecule has 1 aromatic rings. The normalized spacial score (nSPS) is 10.8. The number of hydrogen-bond acceptors (Lipinski definition) is 2. The van der Waals surface area contributed by atoms with Gasteiger partial charge in [0.05, 0.1) is 0 Å². The third-order valence-corrected chi connectivity index (χ3v) is 4.55. The minimum absolute atomic E-state index is 0.263. The van der Waals surface area contributed by atoms with Crippen LogP contribution in [0.1, 0.15) is 90.0 Å². The van der Waals surface area contributed by atoms with E-state index in [1.54, 1.807) is 6.92 Å². The highest BCUT2D eigenvalue weighted by Crippen LogP contribution is 2.14. The molecule has 2 heteroatoms. The molecule has 0 aliphatic carbocycles. The van der Waals surface area contributed by atoms with Crippen LogP contribution in [-0.4, -0.2) is 12.3 Å². The summed E-state index contributed by atoms with van der Waals surface area (Å²) in [4.78, 5) is 11.1. The summed E-state index contributed by atoms with van der Waals surface area (Å²) in [6.45, 7) is 4.98. The van der Waals surface area contributed by atoms with E-state index in [4.69, 9.17) is 0 Å². The van der Waals surface area contributed by atoms with Crippen molar-refractivity contribution < 1.29 is 4.79 Å². The Labute approximate surface area is 149 Å². The Morgan fingerprint density at radius 2 is 1.54 bits per heavy atom. The Balaban J connectivity index is 2.01. The number of carbonyl (C=O) groups excluding carboxylic acids is 1. The zero-order valence-electron chi connectivity index (χ0n) is 15.9. The minimum Gasteiger partial charge on any atom is -0.385 e. The van der Waals surface area contributed by atoms with E-state index in [1.807, 2.05) is 0 Å². The number of anilines is 1. The van der Waals surface area contributed by atoms with Crippen LogP contribution in [-0.2, 0) is 11.2 Å². The van der Waals surface area contributed by atoms with Crippen molar-refractivity contribution in [3.63, 3.8) is 0 Å². The fourth-order valence-electron chi connectivity index (χ4n) is 3.00. The van der Waals surface area contributed by atoms with Crippen LogP contribution in [0.5, 0.6) is 0 Å². The van der Waals surface area contributed by atoms with Crippen molar-refractivity contribution in [3.8, 4) is 0 Å². The number of carbonyl (C=O) groups is 1. The third kappa shape index (κ3) is 11.3. The Hall–Kier alpha value is -1.31. The van der Waals surface area contributed by atoms with E-state index in [2.05, 4.69) is 36.5 Å². The van der Waals surface area contributed by atoms with Gasteiger partial charge in [-0.3, -0.25) is 0 Å². The molecule has 0 aliphatic rings. The summed E-state index contributed by atoms with van der Waals surface area (Å²) in [6.07, 6.45) is 15.3. The molecule has 0 atom stereocenters. The fourth-order valence-corrected chi connectivity index (χ4v) is 3.00. The van der Waals surface area contributed by atoms with Crippen molar-refractivity contribution in [1.29, 1.82) is 0 Å². The zero-order chi connectivity index (χ0) is 17.5. The maximum Gasteiger partial charge on any atom is 0.130 e. The van der Waals surface area contributed by atoms with Gasteiger partial charge in [0.2, 0.25) is 0 Å². The molecule has 24 heavy (non-hydrogen) atoms. The van der Waals surface area contributed by atoms with Crippen LogP contribution in [0.2, 0.25) is 0 Å². The number of Topliss-reactive ketones (excluding diaryl/α,β-unsaturated/α-hetero) is 1. The van der Waals surface area contributed by atoms with E-state index in [0.717, 1.165) is 13.0 Å². The first kappa shape index (κ1) is 20.7. The van der Waals surface area contributed by atoms with E-state index < -0.39 is 0 Å². The van der Waals surface area contributed by atoms with Crippen molar-refractivity contribution in [2.45, 2.75) is 90.9 Å². The molecular weight excluding hydrogens is 294 g/mol. The molecule has 136 valence electrons. The second-order valence-corrected chi connectivity index (χ2v) is 7.01.